The maximum Gasteiger partial charge on any atom is 0.226 e. The highest BCUT2D eigenvalue weighted by Gasteiger charge is 2.32. The summed E-state index contributed by atoms with van der Waals surface area (Å²) in [4.78, 5) is 19.9. The number of likely N-dealkylation sites (N-methyl/N-ethyl adjacent to an activating group) is 1. The smallest absolute Gasteiger partial charge is 0.226 e. The van der Waals surface area contributed by atoms with Crippen LogP contribution in [0.1, 0.15) is 37.1 Å². The Hall–Kier alpha value is -1.40. The van der Waals surface area contributed by atoms with Crippen LogP contribution in [0, 0.1) is 19.8 Å². The molecule has 0 N–H and O–H groups in total. The summed E-state index contributed by atoms with van der Waals surface area (Å²) in [5.74, 6) is 0.470. The zero-order valence-corrected chi connectivity index (χ0v) is 16.9. The molecule has 0 saturated carbocycles. The predicted octanol–water partition coefficient (Wildman–Crippen LogP) is 1.76. The zero-order valence-electron chi connectivity index (χ0n) is 16.9. The molecule has 2 saturated heterocycles. The van der Waals surface area contributed by atoms with Gasteiger partial charge < -0.3 is 9.80 Å². The molecule has 146 valence electrons. The maximum atomic E-state index is 13.0. The molecule has 2 fully saturated rings. The van der Waals surface area contributed by atoms with Gasteiger partial charge in [0.05, 0.1) is 18.2 Å². The zero-order chi connectivity index (χ0) is 18.7. The van der Waals surface area contributed by atoms with Gasteiger partial charge in [0.15, 0.2) is 0 Å². The summed E-state index contributed by atoms with van der Waals surface area (Å²) in [6.45, 7) is 10.1. The van der Waals surface area contributed by atoms with E-state index in [1.807, 2.05) is 23.6 Å². The summed E-state index contributed by atoms with van der Waals surface area (Å²) in [7, 11) is 4.15. The SMILES string of the molecule is Cc1cc(C)n(CCN(C)C(=O)[C@@H]2CCCN(C3CCN(C)CC3)C2)n1. The number of aromatic nitrogens is 2. The first-order valence-corrected chi connectivity index (χ1v) is 10.1. The fourth-order valence-corrected chi connectivity index (χ4v) is 4.47. The van der Waals surface area contributed by atoms with E-state index in [9.17, 15) is 4.79 Å². The van der Waals surface area contributed by atoms with Gasteiger partial charge in [-0.25, -0.2) is 0 Å². The van der Waals surface area contributed by atoms with E-state index in [4.69, 9.17) is 0 Å². The van der Waals surface area contributed by atoms with Crippen LogP contribution in [0.5, 0.6) is 0 Å². The second kappa shape index (κ2) is 8.53. The monoisotopic (exact) mass is 361 g/mol. The molecule has 0 unspecified atom stereocenters. The molecule has 1 aromatic rings. The Bertz CT molecular complexity index is 605. The number of amides is 1. The molecule has 1 aromatic heterocycles. The molecule has 2 aliphatic rings. The van der Waals surface area contributed by atoms with Gasteiger partial charge in [0.2, 0.25) is 5.91 Å². The van der Waals surface area contributed by atoms with Crippen molar-refractivity contribution >= 4 is 5.91 Å². The number of nitrogens with zero attached hydrogens (tertiary/aromatic N) is 5. The quantitative estimate of drug-likeness (QED) is 0.802. The fourth-order valence-electron chi connectivity index (χ4n) is 4.47. The standard InChI is InChI=1S/C20H35N5O/c1-16-14-17(2)25(21-16)13-12-23(4)20(26)18-6-5-9-24(15-18)19-7-10-22(3)11-8-19/h14,18-19H,5-13,15H2,1-4H3/t18-/m1/s1. The van der Waals surface area contributed by atoms with E-state index < -0.39 is 0 Å². The molecule has 0 radical (unpaired) electrons. The minimum Gasteiger partial charge on any atom is -0.344 e. The number of carbonyl (C=O) groups excluding carboxylic acids is 1. The molecule has 0 spiro atoms. The number of likely N-dealkylation sites (tertiary alicyclic amines) is 2. The molecule has 1 atom stereocenters. The van der Waals surface area contributed by atoms with Crippen LogP contribution in [0.25, 0.3) is 0 Å². The first kappa shape index (κ1) is 19.4. The molecule has 0 aromatic carbocycles. The van der Waals surface area contributed by atoms with Gasteiger partial charge in [0, 0.05) is 31.9 Å². The number of hydrogen-bond donors (Lipinski definition) is 0. The third-order valence-electron chi connectivity index (χ3n) is 6.13. The molecule has 6 heteroatoms. The van der Waals surface area contributed by atoms with E-state index in [1.165, 1.54) is 25.9 Å². The minimum absolute atomic E-state index is 0.161. The Morgan fingerprint density at radius 3 is 2.62 bits per heavy atom. The van der Waals surface area contributed by atoms with Crippen molar-refractivity contribution in [2.24, 2.45) is 5.92 Å². The summed E-state index contributed by atoms with van der Waals surface area (Å²) in [6, 6.07) is 2.75. The molecule has 3 rings (SSSR count). The Balaban J connectivity index is 1.50. The minimum atomic E-state index is 0.161. The Labute approximate surface area is 158 Å². The number of rotatable bonds is 5. The molecule has 2 aliphatic heterocycles. The van der Waals surface area contributed by atoms with Gasteiger partial charge in [-0.05, 0) is 72.3 Å². The van der Waals surface area contributed by atoms with Crippen LogP contribution in [0.2, 0.25) is 0 Å². The average Bonchev–Trinajstić information content (AvgIpc) is 2.97. The van der Waals surface area contributed by atoms with Crippen molar-refractivity contribution in [2.45, 2.75) is 52.1 Å². The van der Waals surface area contributed by atoms with E-state index in [1.54, 1.807) is 0 Å². The van der Waals surface area contributed by atoms with Gasteiger partial charge in [-0.1, -0.05) is 0 Å². The first-order valence-electron chi connectivity index (χ1n) is 10.1. The van der Waals surface area contributed by atoms with Gasteiger partial charge in [0.25, 0.3) is 0 Å². The molecule has 0 aliphatic carbocycles. The molecule has 26 heavy (non-hydrogen) atoms. The van der Waals surface area contributed by atoms with Gasteiger partial charge in [-0.3, -0.25) is 14.4 Å². The fraction of sp³-hybridized carbons (Fsp3) is 0.800. The molecule has 1 amide bonds. The number of hydrogen-bond acceptors (Lipinski definition) is 4. The van der Waals surface area contributed by atoms with Crippen LogP contribution >= 0.6 is 0 Å². The lowest BCUT2D eigenvalue weighted by atomic mass is 9.93. The van der Waals surface area contributed by atoms with E-state index >= 15 is 0 Å². The van der Waals surface area contributed by atoms with Crippen molar-refractivity contribution in [3.63, 3.8) is 0 Å². The third-order valence-corrected chi connectivity index (χ3v) is 6.13. The summed E-state index contributed by atoms with van der Waals surface area (Å²) in [6.07, 6.45) is 4.66. The van der Waals surface area contributed by atoms with Gasteiger partial charge in [-0.2, -0.15) is 5.10 Å². The van der Waals surface area contributed by atoms with Crippen molar-refractivity contribution < 1.29 is 4.79 Å². The van der Waals surface area contributed by atoms with E-state index in [0.717, 1.165) is 50.4 Å². The van der Waals surface area contributed by atoms with E-state index in [2.05, 4.69) is 34.9 Å². The van der Waals surface area contributed by atoms with Crippen molar-refractivity contribution in [2.75, 3.05) is 46.8 Å². The van der Waals surface area contributed by atoms with Crippen molar-refractivity contribution in [3.05, 3.63) is 17.5 Å². The summed E-state index contributed by atoms with van der Waals surface area (Å²) >= 11 is 0. The lowest BCUT2D eigenvalue weighted by Crippen LogP contribution is -2.50. The van der Waals surface area contributed by atoms with Crippen LogP contribution in [0.15, 0.2) is 6.07 Å². The number of carbonyl (C=O) groups is 1. The first-order chi connectivity index (χ1) is 12.4. The molecular formula is C20H35N5O. The van der Waals surface area contributed by atoms with Crippen molar-refractivity contribution in [1.82, 2.24) is 24.5 Å². The summed E-state index contributed by atoms with van der Waals surface area (Å²) < 4.78 is 2.00. The van der Waals surface area contributed by atoms with E-state index in [0.29, 0.717) is 11.9 Å². The topological polar surface area (TPSA) is 44.6 Å². The van der Waals surface area contributed by atoms with Gasteiger partial charge in [-0.15, -0.1) is 0 Å². The van der Waals surface area contributed by atoms with Gasteiger partial charge in [0.1, 0.15) is 0 Å². The van der Waals surface area contributed by atoms with Crippen LogP contribution in [0.3, 0.4) is 0 Å². The molecule has 3 heterocycles. The summed E-state index contributed by atoms with van der Waals surface area (Å²) in [5, 5.41) is 4.50. The predicted molar refractivity (Wildman–Crippen MR) is 104 cm³/mol. The third kappa shape index (κ3) is 4.65. The average molecular weight is 362 g/mol. The largest absolute Gasteiger partial charge is 0.344 e. The number of aryl methyl sites for hydroxylation is 2. The van der Waals surface area contributed by atoms with Crippen molar-refractivity contribution in [3.8, 4) is 0 Å². The van der Waals surface area contributed by atoms with Crippen LogP contribution in [-0.2, 0) is 11.3 Å². The second-order valence-corrected chi connectivity index (χ2v) is 8.28. The molecular weight excluding hydrogens is 326 g/mol. The highest BCUT2D eigenvalue weighted by molar-refractivity contribution is 5.78. The van der Waals surface area contributed by atoms with Crippen molar-refractivity contribution in [1.29, 1.82) is 0 Å². The highest BCUT2D eigenvalue weighted by atomic mass is 16.2. The summed E-state index contributed by atoms with van der Waals surface area (Å²) in [5.41, 5.74) is 2.20. The van der Waals surface area contributed by atoms with Crippen LogP contribution in [0.4, 0.5) is 0 Å². The Morgan fingerprint density at radius 2 is 1.96 bits per heavy atom. The van der Waals surface area contributed by atoms with Crippen LogP contribution in [-0.4, -0.2) is 83.2 Å². The molecule has 6 nitrogen and oxygen atoms in total. The normalized spacial score (nSPS) is 23.3. The lowest BCUT2D eigenvalue weighted by molar-refractivity contribution is -0.136. The molecule has 0 bridgehead atoms. The Morgan fingerprint density at radius 1 is 1.23 bits per heavy atom. The highest BCUT2D eigenvalue weighted by Crippen LogP contribution is 2.24. The number of piperidine rings is 2. The second-order valence-electron chi connectivity index (χ2n) is 8.28. The lowest BCUT2D eigenvalue weighted by Gasteiger charge is -2.41. The van der Waals surface area contributed by atoms with Crippen LogP contribution < -0.4 is 0 Å². The maximum absolute atomic E-state index is 13.0. The van der Waals surface area contributed by atoms with E-state index in [-0.39, 0.29) is 5.92 Å². The Kier molecular flexibility index (Phi) is 6.35. The van der Waals surface area contributed by atoms with Gasteiger partial charge >= 0.3 is 0 Å².